The molecule has 4 nitrogen and oxygen atoms in total. The molecule has 0 bridgehead atoms. The van der Waals surface area contributed by atoms with Gasteiger partial charge in [0.2, 0.25) is 0 Å². The summed E-state index contributed by atoms with van der Waals surface area (Å²) in [4.78, 5) is 8.89. The zero-order valence-corrected chi connectivity index (χ0v) is 12.0. The average Bonchev–Trinajstić information content (AvgIpc) is 2.99. The number of rotatable bonds is 5. The molecule has 0 saturated heterocycles. The third-order valence-corrected chi connectivity index (χ3v) is 3.32. The topological polar surface area (TPSA) is 42.7 Å². The van der Waals surface area contributed by atoms with E-state index in [1.54, 1.807) is 0 Å². The van der Waals surface area contributed by atoms with Gasteiger partial charge in [-0.25, -0.2) is 9.97 Å². The van der Waals surface area contributed by atoms with Crippen LogP contribution in [0, 0.1) is 0 Å². The van der Waals surface area contributed by atoms with Gasteiger partial charge in [-0.05, 0) is 13.0 Å². The third kappa shape index (κ3) is 2.94. The number of anilines is 1. The number of hydrogen-bond donors (Lipinski definition) is 1. The molecule has 0 aliphatic heterocycles. The van der Waals surface area contributed by atoms with Crippen LogP contribution in [0.1, 0.15) is 12.5 Å². The molecule has 1 aromatic carbocycles. The molecule has 106 valence electrons. The van der Waals surface area contributed by atoms with Crippen LogP contribution in [0.25, 0.3) is 11.4 Å². The predicted octanol–water partition coefficient (Wildman–Crippen LogP) is 3.43. The first-order valence-corrected chi connectivity index (χ1v) is 7.13. The number of nitrogens with one attached hydrogen (secondary N) is 1. The highest BCUT2D eigenvalue weighted by Gasteiger charge is 2.08. The van der Waals surface area contributed by atoms with E-state index in [9.17, 15) is 0 Å². The minimum absolute atomic E-state index is 0.750. The van der Waals surface area contributed by atoms with Gasteiger partial charge >= 0.3 is 0 Å². The SMILES string of the molecule is CCNc1ncccc1Cn1ccnc1-c1ccccc1. The molecule has 2 heterocycles. The summed E-state index contributed by atoms with van der Waals surface area (Å²) in [5.41, 5.74) is 2.28. The fourth-order valence-electron chi connectivity index (χ4n) is 2.36. The van der Waals surface area contributed by atoms with Gasteiger partial charge < -0.3 is 9.88 Å². The maximum Gasteiger partial charge on any atom is 0.140 e. The van der Waals surface area contributed by atoms with E-state index in [1.165, 1.54) is 0 Å². The molecule has 0 spiro atoms. The summed E-state index contributed by atoms with van der Waals surface area (Å²) in [5.74, 6) is 1.91. The lowest BCUT2D eigenvalue weighted by atomic mass is 10.2. The van der Waals surface area contributed by atoms with Crippen molar-refractivity contribution in [1.29, 1.82) is 0 Å². The minimum atomic E-state index is 0.750. The zero-order chi connectivity index (χ0) is 14.5. The first-order valence-electron chi connectivity index (χ1n) is 7.13. The van der Waals surface area contributed by atoms with Crippen molar-refractivity contribution in [2.24, 2.45) is 0 Å². The van der Waals surface area contributed by atoms with Crippen molar-refractivity contribution < 1.29 is 0 Å². The summed E-state index contributed by atoms with van der Waals surface area (Å²) in [6.07, 6.45) is 5.66. The van der Waals surface area contributed by atoms with Gasteiger partial charge in [0.1, 0.15) is 11.6 Å². The smallest absolute Gasteiger partial charge is 0.140 e. The van der Waals surface area contributed by atoms with E-state index < -0.39 is 0 Å². The Kier molecular flexibility index (Phi) is 3.96. The quantitative estimate of drug-likeness (QED) is 0.777. The van der Waals surface area contributed by atoms with Gasteiger partial charge in [0.05, 0.1) is 6.54 Å². The molecule has 3 aromatic rings. The van der Waals surface area contributed by atoms with Crippen LogP contribution in [0.15, 0.2) is 61.1 Å². The minimum Gasteiger partial charge on any atom is -0.370 e. The maximum atomic E-state index is 4.48. The normalized spacial score (nSPS) is 10.5. The molecule has 0 aliphatic rings. The predicted molar refractivity (Wildman–Crippen MR) is 85.2 cm³/mol. The molecule has 0 fully saturated rings. The Labute approximate surface area is 124 Å². The van der Waals surface area contributed by atoms with E-state index in [0.29, 0.717) is 0 Å². The lowest BCUT2D eigenvalue weighted by Crippen LogP contribution is -2.07. The number of aromatic nitrogens is 3. The zero-order valence-electron chi connectivity index (χ0n) is 12.0. The van der Waals surface area contributed by atoms with Crippen molar-refractivity contribution >= 4 is 5.82 Å². The molecular formula is C17H18N4. The first kappa shape index (κ1) is 13.4. The van der Waals surface area contributed by atoms with E-state index in [-0.39, 0.29) is 0 Å². The summed E-state index contributed by atoms with van der Waals surface area (Å²) in [7, 11) is 0. The molecule has 0 atom stereocenters. The Hall–Kier alpha value is -2.62. The second-order valence-corrected chi connectivity index (χ2v) is 4.79. The summed E-state index contributed by atoms with van der Waals surface area (Å²) in [6, 6.07) is 14.3. The molecule has 0 saturated carbocycles. The van der Waals surface area contributed by atoms with Crippen LogP contribution in [0.5, 0.6) is 0 Å². The van der Waals surface area contributed by atoms with E-state index in [1.807, 2.05) is 42.9 Å². The Morgan fingerprint density at radius 2 is 1.86 bits per heavy atom. The van der Waals surface area contributed by atoms with Crippen molar-refractivity contribution in [3.63, 3.8) is 0 Å². The van der Waals surface area contributed by atoms with Gasteiger partial charge in [-0.1, -0.05) is 36.4 Å². The molecular weight excluding hydrogens is 260 g/mol. The lowest BCUT2D eigenvalue weighted by Gasteiger charge is -2.12. The van der Waals surface area contributed by atoms with E-state index in [2.05, 4.69) is 45.0 Å². The molecule has 3 rings (SSSR count). The number of imidazole rings is 1. The Morgan fingerprint density at radius 3 is 2.67 bits per heavy atom. The molecule has 0 aliphatic carbocycles. The van der Waals surface area contributed by atoms with Gasteiger partial charge in [0.25, 0.3) is 0 Å². The van der Waals surface area contributed by atoms with Crippen LogP contribution in [0.2, 0.25) is 0 Å². The standard InChI is InChI=1S/C17H18N4/c1-2-18-16-15(9-6-10-19-16)13-21-12-11-20-17(21)14-7-4-3-5-8-14/h3-12H,2,13H2,1H3,(H,18,19). The summed E-state index contributed by atoms with van der Waals surface area (Å²) >= 11 is 0. The van der Waals surface area contributed by atoms with Gasteiger partial charge in [-0.15, -0.1) is 0 Å². The third-order valence-electron chi connectivity index (χ3n) is 3.32. The van der Waals surface area contributed by atoms with Crippen LogP contribution >= 0.6 is 0 Å². The van der Waals surface area contributed by atoms with Crippen molar-refractivity contribution in [3.8, 4) is 11.4 Å². The molecule has 2 aromatic heterocycles. The average molecular weight is 278 g/mol. The Bertz CT molecular complexity index is 704. The lowest BCUT2D eigenvalue weighted by molar-refractivity contribution is 0.803. The van der Waals surface area contributed by atoms with Gasteiger partial charge in [-0.3, -0.25) is 0 Å². The van der Waals surface area contributed by atoms with Crippen LogP contribution in [0.3, 0.4) is 0 Å². The molecule has 0 amide bonds. The fraction of sp³-hybridized carbons (Fsp3) is 0.176. The van der Waals surface area contributed by atoms with Crippen LogP contribution < -0.4 is 5.32 Å². The fourth-order valence-corrected chi connectivity index (χ4v) is 2.36. The van der Waals surface area contributed by atoms with Gasteiger partial charge in [-0.2, -0.15) is 0 Å². The van der Waals surface area contributed by atoms with Crippen LogP contribution in [-0.2, 0) is 6.54 Å². The second kappa shape index (κ2) is 6.22. The Morgan fingerprint density at radius 1 is 1.00 bits per heavy atom. The number of benzene rings is 1. The molecule has 0 unspecified atom stereocenters. The number of pyridine rings is 1. The highest BCUT2D eigenvalue weighted by Crippen LogP contribution is 2.20. The molecule has 0 radical (unpaired) electrons. The van der Waals surface area contributed by atoms with E-state index in [0.717, 1.165) is 35.9 Å². The summed E-state index contributed by atoms with van der Waals surface area (Å²) < 4.78 is 2.15. The van der Waals surface area contributed by atoms with Gasteiger partial charge in [0, 0.05) is 36.3 Å². The first-order chi connectivity index (χ1) is 10.4. The highest BCUT2D eigenvalue weighted by atomic mass is 15.1. The van der Waals surface area contributed by atoms with Crippen LogP contribution in [0.4, 0.5) is 5.82 Å². The van der Waals surface area contributed by atoms with Crippen molar-refractivity contribution in [1.82, 2.24) is 14.5 Å². The molecule has 21 heavy (non-hydrogen) atoms. The largest absolute Gasteiger partial charge is 0.370 e. The Balaban J connectivity index is 1.92. The van der Waals surface area contributed by atoms with Gasteiger partial charge in [0.15, 0.2) is 0 Å². The van der Waals surface area contributed by atoms with Crippen LogP contribution in [-0.4, -0.2) is 21.1 Å². The van der Waals surface area contributed by atoms with Crippen molar-refractivity contribution in [2.45, 2.75) is 13.5 Å². The summed E-state index contributed by atoms with van der Waals surface area (Å²) in [5, 5.41) is 3.30. The highest BCUT2D eigenvalue weighted by molar-refractivity contribution is 5.55. The summed E-state index contributed by atoms with van der Waals surface area (Å²) in [6.45, 7) is 3.69. The van der Waals surface area contributed by atoms with Crippen molar-refractivity contribution in [2.75, 3.05) is 11.9 Å². The maximum absolute atomic E-state index is 4.48. The molecule has 1 N–H and O–H groups in total. The number of hydrogen-bond acceptors (Lipinski definition) is 3. The van der Waals surface area contributed by atoms with E-state index in [4.69, 9.17) is 0 Å². The molecule has 4 heteroatoms. The number of nitrogens with zero attached hydrogens (tertiary/aromatic N) is 3. The van der Waals surface area contributed by atoms with Crippen molar-refractivity contribution in [3.05, 3.63) is 66.6 Å². The monoisotopic (exact) mass is 278 g/mol. The van der Waals surface area contributed by atoms with E-state index >= 15 is 0 Å². The second-order valence-electron chi connectivity index (χ2n) is 4.79.